The Hall–Kier alpha value is -0.510. The van der Waals surface area contributed by atoms with Gasteiger partial charge in [0.15, 0.2) is 0 Å². The molecular weight excluding hydrogens is 196 g/mol. The van der Waals surface area contributed by atoms with Gasteiger partial charge in [0.2, 0.25) is 0 Å². The molecule has 0 unspecified atom stereocenters. The molecule has 0 atom stereocenters. The van der Waals surface area contributed by atoms with Crippen LogP contribution in [-0.4, -0.2) is 16.1 Å². The van der Waals surface area contributed by atoms with Crippen LogP contribution < -0.4 is 4.74 Å². The number of ether oxygens (including phenoxy) is 1. The Balaban J connectivity index is 3.27. The zero-order valence-corrected chi connectivity index (χ0v) is 6.27. The normalized spacial score (nSPS) is 27.1. The highest BCUT2D eigenvalue weighted by Gasteiger charge is 2.02. The molecule has 0 spiro atoms. The van der Waals surface area contributed by atoms with Gasteiger partial charge in [0, 0.05) is 15.2 Å². The number of rotatable bonds is 2. The molecule has 0 saturated carbocycles. The van der Waals surface area contributed by atoms with E-state index in [9.17, 15) is 0 Å². The molecule has 0 radical (unpaired) electrons. The summed E-state index contributed by atoms with van der Waals surface area (Å²) in [6, 6.07) is -0.807. The van der Waals surface area contributed by atoms with Crippen LogP contribution in [0.5, 0.6) is 6.01 Å². The highest BCUT2D eigenvalue weighted by Crippen LogP contribution is 2.15. The van der Waals surface area contributed by atoms with Crippen molar-refractivity contribution >= 4 is 15.9 Å². The van der Waals surface area contributed by atoms with Crippen molar-refractivity contribution in [3.8, 4) is 6.01 Å². The summed E-state index contributed by atoms with van der Waals surface area (Å²) in [5, 5.41) is 0. The van der Waals surface area contributed by atoms with Gasteiger partial charge in [0.05, 0.1) is 16.8 Å². The second-order valence-corrected chi connectivity index (χ2v) is 2.09. The lowest BCUT2D eigenvalue weighted by atomic mass is 10.8. The Labute approximate surface area is 80.8 Å². The highest BCUT2D eigenvalue weighted by atomic mass is 79.9. The van der Waals surface area contributed by atoms with Gasteiger partial charge in [-0.05, 0) is 22.8 Å². The van der Waals surface area contributed by atoms with Crippen LogP contribution >= 0.6 is 15.9 Å². The van der Waals surface area contributed by atoms with Crippen LogP contribution in [0.25, 0.3) is 0 Å². The van der Waals surface area contributed by atoms with E-state index in [1.807, 2.05) is 0 Å². The van der Waals surface area contributed by atoms with Crippen molar-refractivity contribution in [2.45, 2.75) is 6.85 Å². The molecule has 10 heavy (non-hydrogen) atoms. The van der Waals surface area contributed by atoms with Crippen LogP contribution in [0, 0.1) is 0 Å². The second-order valence-electron chi connectivity index (χ2n) is 1.34. The zero-order valence-electron chi connectivity index (χ0n) is 13.7. The van der Waals surface area contributed by atoms with E-state index in [0.29, 0.717) is 4.57 Å². The largest absolute Gasteiger partial charge is 0.465 e. The fraction of sp³-hybridized carbons (Fsp3) is 0.500. The summed E-state index contributed by atoms with van der Waals surface area (Å²) in [4.78, 5) is 3.39. The number of imidazole rings is 1. The molecule has 3 nitrogen and oxygen atoms in total. The minimum absolute atomic E-state index is 0.260. The summed E-state index contributed by atoms with van der Waals surface area (Å²) in [6.07, 6.45) is -0.507. The smallest absolute Gasteiger partial charge is 0.296 e. The van der Waals surface area contributed by atoms with E-state index in [-0.39, 0.29) is 4.60 Å². The number of aromatic nitrogens is 2. The molecule has 0 aromatic carbocycles. The van der Waals surface area contributed by atoms with E-state index in [2.05, 4.69) is 25.7 Å². The Morgan fingerprint density at radius 2 is 3.10 bits per heavy atom. The summed E-state index contributed by atoms with van der Waals surface area (Å²) < 4.78 is 69.2. The van der Waals surface area contributed by atoms with Gasteiger partial charge in [-0.25, -0.2) is 4.98 Å². The third-order valence-electron chi connectivity index (χ3n) is 0.774. The maximum atomic E-state index is 7.35. The minimum atomic E-state index is -3.13. The molecule has 0 amide bonds. The highest BCUT2D eigenvalue weighted by molar-refractivity contribution is 9.10. The molecule has 0 N–H and O–H groups in total. The molecule has 1 heterocycles. The molecule has 56 valence electrons. The van der Waals surface area contributed by atoms with E-state index < -0.39 is 32.6 Å². The van der Waals surface area contributed by atoms with E-state index in [1.165, 1.54) is 0 Å². The van der Waals surface area contributed by atoms with Crippen molar-refractivity contribution in [2.75, 3.05) is 6.56 Å². The first-order valence-corrected chi connectivity index (χ1v) is 3.01. The summed E-state index contributed by atoms with van der Waals surface area (Å²) in [5.74, 6) is 0. The Morgan fingerprint density at radius 3 is 3.80 bits per heavy atom. The molecule has 0 bridgehead atoms. The molecule has 0 aliphatic rings. The maximum absolute atomic E-state index is 7.35. The summed E-state index contributed by atoms with van der Waals surface area (Å²) in [6.45, 7) is -9.06. The summed E-state index contributed by atoms with van der Waals surface area (Å²) >= 11 is 2.80. The first kappa shape index (κ1) is 2.00. The van der Waals surface area contributed by atoms with Gasteiger partial charge >= 0.3 is 0 Å². The predicted molar refractivity (Wildman–Crippen MR) is 42.1 cm³/mol. The monoisotopic (exact) mass is 213 g/mol. The minimum Gasteiger partial charge on any atom is -0.465 e. The molecule has 1 aromatic rings. The number of hydrogen-bond acceptors (Lipinski definition) is 2. The van der Waals surface area contributed by atoms with Gasteiger partial charge < -0.3 is 4.74 Å². The molecule has 0 aliphatic heterocycles. The van der Waals surface area contributed by atoms with Gasteiger partial charge in [-0.15, -0.1) is 0 Å². The molecular formula is C6H9BrN2O. The number of hydrogen-bond donors (Lipinski definition) is 0. The second kappa shape index (κ2) is 3.05. The van der Waals surface area contributed by atoms with E-state index in [1.54, 1.807) is 0 Å². The van der Waals surface area contributed by atoms with Crippen LogP contribution in [0.15, 0.2) is 10.8 Å². The van der Waals surface area contributed by atoms with Crippen LogP contribution in [-0.2, 0) is 6.98 Å². The quantitative estimate of drug-likeness (QED) is 0.747. The first-order valence-electron chi connectivity index (χ1n) is 6.72. The SMILES string of the molecule is [2H]c1nc(OC([2H])([2H])C([2H])([2H])[2H])n(C([2H])([2H])[2H])c1Br. The molecule has 0 saturated heterocycles. The molecule has 0 fully saturated rings. The lowest BCUT2D eigenvalue weighted by molar-refractivity contribution is 0.301. The van der Waals surface area contributed by atoms with Crippen molar-refractivity contribution in [1.82, 2.24) is 9.55 Å². The van der Waals surface area contributed by atoms with Crippen molar-refractivity contribution in [3.05, 3.63) is 10.8 Å². The maximum Gasteiger partial charge on any atom is 0.296 e. The topological polar surface area (TPSA) is 27.1 Å². The van der Waals surface area contributed by atoms with Crippen LogP contribution in [0.3, 0.4) is 0 Å². The average molecular weight is 214 g/mol. The van der Waals surface area contributed by atoms with E-state index >= 15 is 0 Å². The zero-order chi connectivity index (χ0) is 15.2. The Kier molecular flexibility index (Phi) is 0.611. The molecule has 4 heteroatoms. The predicted octanol–water partition coefficient (Wildman–Crippen LogP) is 1.58. The van der Waals surface area contributed by atoms with Crippen molar-refractivity contribution in [3.63, 3.8) is 0 Å². The van der Waals surface area contributed by atoms with Gasteiger partial charge in [0.25, 0.3) is 6.01 Å². The van der Waals surface area contributed by atoms with Crippen molar-refractivity contribution in [1.29, 1.82) is 0 Å². The molecule has 1 rings (SSSR count). The third kappa shape index (κ3) is 1.31. The molecule has 1 aromatic heterocycles. The average Bonchev–Trinajstić information content (AvgIpc) is 2.37. The molecule has 0 aliphatic carbocycles. The lowest BCUT2D eigenvalue weighted by Crippen LogP contribution is -1.98. The first-order chi connectivity index (χ1) is 8.27. The fourth-order valence-electron chi connectivity index (χ4n) is 0.392. The van der Waals surface area contributed by atoms with Crippen LogP contribution in [0.2, 0.25) is 0 Å². The lowest BCUT2D eigenvalue weighted by Gasteiger charge is -2.00. The Bertz CT molecular complexity index is 476. The summed E-state index contributed by atoms with van der Waals surface area (Å²) in [5.41, 5.74) is 0. The fourth-order valence-corrected chi connectivity index (χ4v) is 0.632. The number of halogens is 1. The van der Waals surface area contributed by atoms with Crippen molar-refractivity contribution in [2.24, 2.45) is 6.98 Å². The standard InChI is InChI=1S/C6H9BrN2O/c1-3-10-6-8-4-5(7)9(6)2/h4H,3H2,1-2H3/i1D3,2D3,3D2,4D. The Morgan fingerprint density at radius 1 is 2.20 bits per heavy atom. The number of nitrogens with zero attached hydrogens (tertiary/aromatic N) is 2. The van der Waals surface area contributed by atoms with Gasteiger partial charge in [-0.2, -0.15) is 0 Å². The van der Waals surface area contributed by atoms with E-state index in [0.717, 1.165) is 0 Å². The van der Waals surface area contributed by atoms with Gasteiger partial charge in [-0.3, -0.25) is 4.57 Å². The third-order valence-corrected chi connectivity index (χ3v) is 1.31. The van der Waals surface area contributed by atoms with E-state index in [4.69, 9.17) is 12.3 Å². The van der Waals surface area contributed by atoms with Crippen molar-refractivity contribution < 1.29 is 17.1 Å². The van der Waals surface area contributed by atoms with Crippen LogP contribution in [0.4, 0.5) is 0 Å². The van der Waals surface area contributed by atoms with Gasteiger partial charge in [-0.1, -0.05) is 0 Å². The summed E-state index contributed by atoms with van der Waals surface area (Å²) in [7, 11) is 0. The van der Waals surface area contributed by atoms with Gasteiger partial charge in [0.1, 0.15) is 4.60 Å². The van der Waals surface area contributed by atoms with Crippen LogP contribution in [0.1, 0.15) is 19.2 Å².